The SMILES string of the molecule is CCOc1ccc(C(C)NC(=O)CC(O)C(C)C)cc1. The van der Waals surface area contributed by atoms with Gasteiger partial charge in [0.15, 0.2) is 0 Å². The summed E-state index contributed by atoms with van der Waals surface area (Å²) in [6.45, 7) is 8.30. The molecule has 2 unspecified atom stereocenters. The van der Waals surface area contributed by atoms with Crippen LogP contribution in [0, 0.1) is 5.92 Å². The number of aliphatic hydroxyl groups excluding tert-OH is 1. The Kier molecular flexibility index (Phi) is 6.52. The first-order valence-corrected chi connectivity index (χ1v) is 7.14. The molecule has 1 aromatic rings. The fourth-order valence-corrected chi connectivity index (χ4v) is 1.83. The highest BCUT2D eigenvalue weighted by Gasteiger charge is 2.16. The van der Waals surface area contributed by atoms with E-state index in [-0.39, 0.29) is 24.3 Å². The number of carbonyl (C=O) groups is 1. The van der Waals surface area contributed by atoms with Crippen molar-refractivity contribution in [2.45, 2.75) is 46.3 Å². The molecule has 0 heterocycles. The van der Waals surface area contributed by atoms with E-state index in [4.69, 9.17) is 4.74 Å². The molecule has 0 saturated carbocycles. The van der Waals surface area contributed by atoms with Crippen molar-refractivity contribution in [1.29, 1.82) is 0 Å². The molecular formula is C16H25NO3. The predicted octanol–water partition coefficient (Wildman–Crippen LogP) is 2.67. The van der Waals surface area contributed by atoms with E-state index in [1.165, 1.54) is 0 Å². The summed E-state index contributed by atoms with van der Waals surface area (Å²) in [6, 6.07) is 7.58. The first-order chi connectivity index (χ1) is 9.43. The van der Waals surface area contributed by atoms with Gasteiger partial charge in [-0.2, -0.15) is 0 Å². The molecule has 0 spiro atoms. The van der Waals surface area contributed by atoms with Gasteiger partial charge in [-0.3, -0.25) is 4.79 Å². The maximum Gasteiger partial charge on any atom is 0.223 e. The molecule has 1 amide bonds. The normalized spacial score (nSPS) is 13.9. The van der Waals surface area contributed by atoms with Gasteiger partial charge in [-0.25, -0.2) is 0 Å². The van der Waals surface area contributed by atoms with Crippen molar-refractivity contribution in [3.63, 3.8) is 0 Å². The number of rotatable bonds is 7. The van der Waals surface area contributed by atoms with E-state index in [9.17, 15) is 9.90 Å². The van der Waals surface area contributed by atoms with Crippen molar-refractivity contribution in [2.24, 2.45) is 5.92 Å². The van der Waals surface area contributed by atoms with Crippen molar-refractivity contribution in [3.8, 4) is 5.75 Å². The van der Waals surface area contributed by atoms with E-state index in [1.807, 2.05) is 52.0 Å². The van der Waals surface area contributed by atoms with E-state index >= 15 is 0 Å². The molecule has 0 saturated heterocycles. The second-order valence-electron chi connectivity index (χ2n) is 5.31. The zero-order chi connectivity index (χ0) is 15.1. The first-order valence-electron chi connectivity index (χ1n) is 7.14. The molecule has 4 nitrogen and oxygen atoms in total. The third-order valence-electron chi connectivity index (χ3n) is 3.23. The molecule has 0 aliphatic carbocycles. The minimum atomic E-state index is -0.595. The standard InChI is InChI=1S/C16H25NO3/c1-5-20-14-8-6-13(7-9-14)12(4)17-16(19)10-15(18)11(2)3/h6-9,11-12,15,18H,5,10H2,1-4H3,(H,17,19). The van der Waals surface area contributed by atoms with E-state index in [0.717, 1.165) is 11.3 Å². The zero-order valence-electron chi connectivity index (χ0n) is 12.7. The van der Waals surface area contributed by atoms with Crippen LogP contribution in [-0.4, -0.2) is 23.7 Å². The fourth-order valence-electron chi connectivity index (χ4n) is 1.83. The number of nitrogens with one attached hydrogen (secondary N) is 1. The summed E-state index contributed by atoms with van der Waals surface area (Å²) in [6.07, 6.45) is -0.457. The zero-order valence-corrected chi connectivity index (χ0v) is 12.7. The summed E-state index contributed by atoms with van der Waals surface area (Å²) in [5.74, 6) is 0.777. The summed E-state index contributed by atoms with van der Waals surface area (Å²) >= 11 is 0. The third kappa shape index (κ3) is 5.21. The van der Waals surface area contributed by atoms with Crippen molar-refractivity contribution in [1.82, 2.24) is 5.32 Å². The van der Waals surface area contributed by atoms with Gasteiger partial charge in [0.05, 0.1) is 25.2 Å². The summed E-state index contributed by atoms with van der Waals surface area (Å²) in [5.41, 5.74) is 1.01. The lowest BCUT2D eigenvalue weighted by atomic mass is 10.0. The highest BCUT2D eigenvalue weighted by molar-refractivity contribution is 5.76. The van der Waals surface area contributed by atoms with Gasteiger partial charge in [0.1, 0.15) is 5.75 Å². The van der Waals surface area contributed by atoms with Gasteiger partial charge in [-0.15, -0.1) is 0 Å². The molecule has 0 radical (unpaired) electrons. The van der Waals surface area contributed by atoms with Crippen LogP contribution < -0.4 is 10.1 Å². The number of benzene rings is 1. The second-order valence-corrected chi connectivity index (χ2v) is 5.31. The fraction of sp³-hybridized carbons (Fsp3) is 0.562. The van der Waals surface area contributed by atoms with Gasteiger partial charge in [-0.1, -0.05) is 26.0 Å². The largest absolute Gasteiger partial charge is 0.494 e. The first kappa shape index (κ1) is 16.5. The van der Waals surface area contributed by atoms with Gasteiger partial charge in [-0.05, 0) is 37.5 Å². The molecule has 1 aromatic carbocycles. The lowest BCUT2D eigenvalue weighted by Crippen LogP contribution is -2.31. The molecule has 1 rings (SSSR count). The van der Waals surface area contributed by atoms with Gasteiger partial charge in [0, 0.05) is 0 Å². The lowest BCUT2D eigenvalue weighted by molar-refractivity contribution is -0.124. The van der Waals surface area contributed by atoms with E-state index in [1.54, 1.807) is 0 Å². The Hall–Kier alpha value is -1.55. The molecule has 0 aliphatic heterocycles. The number of hydrogen-bond acceptors (Lipinski definition) is 3. The number of carbonyl (C=O) groups excluding carboxylic acids is 1. The van der Waals surface area contributed by atoms with Gasteiger partial charge in [0.2, 0.25) is 5.91 Å². The van der Waals surface area contributed by atoms with Crippen molar-refractivity contribution >= 4 is 5.91 Å². The van der Waals surface area contributed by atoms with Crippen LogP contribution in [0.1, 0.15) is 45.7 Å². The molecule has 0 fully saturated rings. The van der Waals surface area contributed by atoms with E-state index in [2.05, 4.69) is 5.32 Å². The second kappa shape index (κ2) is 7.90. The smallest absolute Gasteiger partial charge is 0.223 e. The van der Waals surface area contributed by atoms with Crippen LogP contribution in [0.15, 0.2) is 24.3 Å². The topological polar surface area (TPSA) is 58.6 Å². The number of amides is 1. The number of hydrogen-bond donors (Lipinski definition) is 2. The van der Waals surface area contributed by atoms with Crippen LogP contribution in [0.25, 0.3) is 0 Å². The average Bonchev–Trinajstić information content (AvgIpc) is 2.39. The Morgan fingerprint density at radius 3 is 2.35 bits per heavy atom. The maximum atomic E-state index is 11.8. The van der Waals surface area contributed by atoms with Crippen LogP contribution >= 0.6 is 0 Å². The van der Waals surface area contributed by atoms with Crippen LogP contribution in [-0.2, 0) is 4.79 Å². The lowest BCUT2D eigenvalue weighted by Gasteiger charge is -2.18. The van der Waals surface area contributed by atoms with Crippen LogP contribution in [0.4, 0.5) is 0 Å². The number of ether oxygens (including phenoxy) is 1. The molecule has 0 aliphatic rings. The quantitative estimate of drug-likeness (QED) is 0.806. The summed E-state index contributed by atoms with van der Waals surface area (Å²) in [4.78, 5) is 11.8. The Bertz CT molecular complexity index is 414. The molecule has 0 aromatic heterocycles. The van der Waals surface area contributed by atoms with Crippen molar-refractivity contribution < 1.29 is 14.6 Å². The van der Waals surface area contributed by atoms with E-state index in [0.29, 0.717) is 6.61 Å². The molecule has 2 atom stereocenters. The van der Waals surface area contributed by atoms with Gasteiger partial charge in [0.25, 0.3) is 0 Å². The van der Waals surface area contributed by atoms with Crippen LogP contribution in [0.3, 0.4) is 0 Å². The predicted molar refractivity (Wildman–Crippen MR) is 79.6 cm³/mol. The molecule has 0 bridgehead atoms. The minimum absolute atomic E-state index is 0.0848. The van der Waals surface area contributed by atoms with Crippen LogP contribution in [0.5, 0.6) is 5.75 Å². The highest BCUT2D eigenvalue weighted by atomic mass is 16.5. The Labute approximate surface area is 121 Å². The summed E-state index contributed by atoms with van der Waals surface area (Å²) < 4.78 is 5.38. The average molecular weight is 279 g/mol. The van der Waals surface area contributed by atoms with Crippen LogP contribution in [0.2, 0.25) is 0 Å². The van der Waals surface area contributed by atoms with Gasteiger partial charge >= 0.3 is 0 Å². The molecule has 20 heavy (non-hydrogen) atoms. The molecular weight excluding hydrogens is 254 g/mol. The third-order valence-corrected chi connectivity index (χ3v) is 3.23. The minimum Gasteiger partial charge on any atom is -0.494 e. The van der Waals surface area contributed by atoms with Crippen molar-refractivity contribution in [3.05, 3.63) is 29.8 Å². The molecule has 4 heteroatoms. The monoisotopic (exact) mass is 279 g/mol. The van der Waals surface area contributed by atoms with Gasteiger partial charge < -0.3 is 15.2 Å². The Balaban J connectivity index is 2.53. The Morgan fingerprint density at radius 1 is 1.25 bits per heavy atom. The van der Waals surface area contributed by atoms with E-state index < -0.39 is 6.10 Å². The Morgan fingerprint density at radius 2 is 1.85 bits per heavy atom. The molecule has 112 valence electrons. The maximum absolute atomic E-state index is 11.8. The highest BCUT2D eigenvalue weighted by Crippen LogP contribution is 2.18. The number of aliphatic hydroxyl groups is 1. The molecule has 2 N–H and O–H groups in total. The van der Waals surface area contributed by atoms with Crippen molar-refractivity contribution in [2.75, 3.05) is 6.61 Å². The summed E-state index contributed by atoms with van der Waals surface area (Å²) in [5, 5.41) is 12.6. The summed E-state index contributed by atoms with van der Waals surface area (Å²) in [7, 11) is 0.